The molecule has 0 aromatic heterocycles. The third kappa shape index (κ3) is 3.49. The molecule has 0 heterocycles. The van der Waals surface area contributed by atoms with Crippen molar-refractivity contribution in [2.45, 2.75) is 32.9 Å². The van der Waals surface area contributed by atoms with Gasteiger partial charge in [0.15, 0.2) is 0 Å². The van der Waals surface area contributed by atoms with Crippen LogP contribution in [0.4, 0.5) is 0 Å². The van der Waals surface area contributed by atoms with Crippen molar-refractivity contribution in [1.82, 2.24) is 0 Å². The fourth-order valence-corrected chi connectivity index (χ4v) is 2.27. The number of aliphatic hydroxyl groups excluding tert-OH is 1. The van der Waals surface area contributed by atoms with Gasteiger partial charge in [0.25, 0.3) is 0 Å². The summed E-state index contributed by atoms with van der Waals surface area (Å²) >= 11 is 17.9. The zero-order valence-corrected chi connectivity index (χ0v) is 12.2. The Kier molecular flexibility index (Phi) is 4.73. The summed E-state index contributed by atoms with van der Waals surface area (Å²) in [5.41, 5.74) is 6.22. The van der Waals surface area contributed by atoms with Crippen LogP contribution in [0, 0.1) is 5.41 Å². The molecule has 0 saturated heterocycles. The van der Waals surface area contributed by atoms with Gasteiger partial charge in [-0.25, -0.2) is 0 Å². The molecule has 0 bridgehead atoms. The first-order valence-corrected chi connectivity index (χ1v) is 6.36. The first kappa shape index (κ1) is 15.1. The molecule has 0 unspecified atom stereocenters. The van der Waals surface area contributed by atoms with Crippen molar-refractivity contribution in [3.8, 4) is 0 Å². The summed E-state index contributed by atoms with van der Waals surface area (Å²) in [6.07, 6.45) is -0.741. The van der Waals surface area contributed by atoms with Gasteiger partial charge in [0.1, 0.15) is 0 Å². The van der Waals surface area contributed by atoms with Gasteiger partial charge in [0, 0.05) is 5.02 Å². The van der Waals surface area contributed by atoms with Crippen molar-refractivity contribution >= 4 is 34.8 Å². The first-order valence-electron chi connectivity index (χ1n) is 5.22. The summed E-state index contributed by atoms with van der Waals surface area (Å²) in [6.45, 7) is 5.70. The van der Waals surface area contributed by atoms with Crippen LogP contribution >= 0.6 is 34.8 Å². The fraction of sp³-hybridized carbons (Fsp3) is 0.500. The van der Waals surface area contributed by atoms with E-state index in [1.54, 1.807) is 12.1 Å². The second kappa shape index (κ2) is 5.33. The van der Waals surface area contributed by atoms with E-state index < -0.39 is 12.1 Å². The van der Waals surface area contributed by atoms with Gasteiger partial charge in [-0.05, 0) is 23.1 Å². The smallest absolute Gasteiger partial charge is 0.0781 e. The maximum Gasteiger partial charge on any atom is 0.0781 e. The maximum absolute atomic E-state index is 10.1. The van der Waals surface area contributed by atoms with Crippen molar-refractivity contribution in [1.29, 1.82) is 0 Å². The molecule has 1 aromatic carbocycles. The van der Waals surface area contributed by atoms with E-state index in [4.69, 9.17) is 40.5 Å². The molecule has 1 rings (SSSR count). The predicted molar refractivity (Wildman–Crippen MR) is 73.9 cm³/mol. The molecule has 2 nitrogen and oxygen atoms in total. The lowest BCUT2D eigenvalue weighted by Crippen LogP contribution is -2.37. The molecule has 2 atom stereocenters. The Morgan fingerprint density at radius 1 is 1.18 bits per heavy atom. The Morgan fingerprint density at radius 2 is 1.71 bits per heavy atom. The molecule has 3 N–H and O–H groups in total. The Morgan fingerprint density at radius 3 is 2.18 bits per heavy atom. The predicted octanol–water partition coefficient (Wildman–Crippen LogP) is 4.05. The highest BCUT2D eigenvalue weighted by Crippen LogP contribution is 2.36. The number of nitrogens with two attached hydrogens (primary N) is 1. The van der Waals surface area contributed by atoms with Crippen LogP contribution in [-0.4, -0.2) is 11.2 Å². The molecule has 0 amide bonds. The van der Waals surface area contributed by atoms with Crippen LogP contribution in [0.5, 0.6) is 0 Å². The number of hydrogen-bond donors (Lipinski definition) is 2. The minimum absolute atomic E-state index is 0.339. The molecule has 0 aliphatic carbocycles. The highest BCUT2D eigenvalue weighted by Gasteiger charge is 2.30. The van der Waals surface area contributed by atoms with Gasteiger partial charge in [0.2, 0.25) is 0 Å². The number of halogens is 3. The molecule has 0 aliphatic heterocycles. The molecule has 1 aromatic rings. The minimum Gasteiger partial charge on any atom is -0.391 e. The Labute approximate surface area is 117 Å². The molecule has 5 heteroatoms. The quantitative estimate of drug-likeness (QED) is 0.809. The molecule has 0 radical (unpaired) electrons. The molecule has 96 valence electrons. The Hall–Kier alpha value is 0.01000. The van der Waals surface area contributed by atoms with E-state index in [0.717, 1.165) is 0 Å². The van der Waals surface area contributed by atoms with Crippen molar-refractivity contribution in [2.75, 3.05) is 0 Å². The van der Waals surface area contributed by atoms with E-state index in [2.05, 4.69) is 0 Å². The number of benzene rings is 1. The zero-order valence-electron chi connectivity index (χ0n) is 9.97. The largest absolute Gasteiger partial charge is 0.391 e. The second-order valence-electron chi connectivity index (χ2n) is 5.13. The topological polar surface area (TPSA) is 46.2 Å². The van der Waals surface area contributed by atoms with E-state index in [0.29, 0.717) is 20.6 Å². The summed E-state index contributed by atoms with van der Waals surface area (Å²) in [4.78, 5) is 0. The standard InChI is InChI=1S/C12H16Cl3NO/c1-12(2,3)11(17)10(16)7-4-6(13)5-8(14)9(7)15/h4-5,10-11,17H,16H2,1-3H3/t10-,11-/m1/s1. The van der Waals surface area contributed by atoms with E-state index in [-0.39, 0.29) is 5.41 Å². The lowest BCUT2D eigenvalue weighted by Gasteiger charge is -2.31. The summed E-state index contributed by atoms with van der Waals surface area (Å²) in [7, 11) is 0. The van der Waals surface area contributed by atoms with Crippen LogP contribution in [0.2, 0.25) is 15.1 Å². The highest BCUT2D eigenvalue weighted by molar-refractivity contribution is 6.43. The zero-order chi connectivity index (χ0) is 13.4. The maximum atomic E-state index is 10.1. The normalized spacial score (nSPS) is 15.8. The summed E-state index contributed by atoms with van der Waals surface area (Å²) in [6, 6.07) is 2.55. The number of rotatable bonds is 2. The van der Waals surface area contributed by atoms with Crippen LogP contribution in [-0.2, 0) is 0 Å². The fourth-order valence-electron chi connectivity index (χ4n) is 1.53. The van der Waals surface area contributed by atoms with Crippen molar-refractivity contribution in [3.05, 3.63) is 32.8 Å². The van der Waals surface area contributed by atoms with Crippen molar-refractivity contribution in [2.24, 2.45) is 11.1 Å². The summed E-state index contributed by atoms with van der Waals surface area (Å²) < 4.78 is 0. The molecular formula is C12H16Cl3NO. The molecule has 0 aliphatic rings. The molecule has 0 spiro atoms. The second-order valence-corrected chi connectivity index (χ2v) is 6.35. The lowest BCUT2D eigenvalue weighted by atomic mass is 9.82. The van der Waals surface area contributed by atoms with Gasteiger partial charge < -0.3 is 10.8 Å². The van der Waals surface area contributed by atoms with Gasteiger partial charge in [-0.3, -0.25) is 0 Å². The minimum atomic E-state index is -0.741. The van der Waals surface area contributed by atoms with Gasteiger partial charge in [-0.15, -0.1) is 0 Å². The third-order valence-electron chi connectivity index (χ3n) is 2.61. The molecule has 0 saturated carbocycles. The Bertz CT molecular complexity index is 415. The van der Waals surface area contributed by atoms with Crippen LogP contribution in [0.25, 0.3) is 0 Å². The van der Waals surface area contributed by atoms with Gasteiger partial charge in [-0.2, -0.15) is 0 Å². The van der Waals surface area contributed by atoms with Crippen LogP contribution in [0.15, 0.2) is 12.1 Å². The van der Waals surface area contributed by atoms with E-state index in [1.807, 2.05) is 20.8 Å². The lowest BCUT2D eigenvalue weighted by molar-refractivity contribution is 0.0401. The third-order valence-corrected chi connectivity index (χ3v) is 3.64. The van der Waals surface area contributed by atoms with Crippen LogP contribution in [0.3, 0.4) is 0 Å². The molecule has 17 heavy (non-hydrogen) atoms. The van der Waals surface area contributed by atoms with E-state index >= 15 is 0 Å². The summed E-state index contributed by atoms with van der Waals surface area (Å²) in [5, 5.41) is 11.3. The summed E-state index contributed by atoms with van der Waals surface area (Å²) in [5.74, 6) is 0. The average Bonchev–Trinajstić information content (AvgIpc) is 2.20. The Balaban J connectivity index is 3.17. The first-order chi connectivity index (χ1) is 7.64. The molecule has 0 fully saturated rings. The van der Waals surface area contributed by atoms with E-state index in [9.17, 15) is 5.11 Å². The van der Waals surface area contributed by atoms with Crippen LogP contribution < -0.4 is 5.73 Å². The van der Waals surface area contributed by atoms with E-state index in [1.165, 1.54) is 0 Å². The van der Waals surface area contributed by atoms with Gasteiger partial charge in [0.05, 0.1) is 22.2 Å². The number of aliphatic hydroxyl groups is 1. The monoisotopic (exact) mass is 295 g/mol. The average molecular weight is 297 g/mol. The van der Waals surface area contributed by atoms with Crippen LogP contribution in [0.1, 0.15) is 32.4 Å². The molecular weight excluding hydrogens is 280 g/mol. The van der Waals surface area contributed by atoms with Gasteiger partial charge in [-0.1, -0.05) is 55.6 Å². The van der Waals surface area contributed by atoms with Gasteiger partial charge >= 0.3 is 0 Å². The highest BCUT2D eigenvalue weighted by atomic mass is 35.5. The SMILES string of the molecule is CC(C)(C)[C@H](O)[C@H](N)c1cc(Cl)cc(Cl)c1Cl. The van der Waals surface area contributed by atoms with Crippen molar-refractivity contribution < 1.29 is 5.11 Å². The van der Waals surface area contributed by atoms with Crippen molar-refractivity contribution in [3.63, 3.8) is 0 Å². The number of hydrogen-bond acceptors (Lipinski definition) is 2.